The second-order valence-corrected chi connectivity index (χ2v) is 8.39. The van der Waals surface area contributed by atoms with Crippen molar-refractivity contribution in [2.45, 2.75) is 23.3 Å². The third-order valence-corrected chi connectivity index (χ3v) is 6.52. The number of sulfonamides is 1. The SMILES string of the molecule is O=C(O)c1cc(S(=O)(=O)N2CC(O)(C3CC3)C2)ccc1Br. The lowest BCUT2D eigenvalue weighted by Gasteiger charge is -2.45. The van der Waals surface area contributed by atoms with Gasteiger partial charge in [0.1, 0.15) is 0 Å². The summed E-state index contributed by atoms with van der Waals surface area (Å²) in [6.45, 7) is 0.164. The zero-order valence-electron chi connectivity index (χ0n) is 11.0. The highest BCUT2D eigenvalue weighted by molar-refractivity contribution is 9.10. The fraction of sp³-hybridized carbons (Fsp3) is 0.462. The molecule has 114 valence electrons. The fourth-order valence-electron chi connectivity index (χ4n) is 2.59. The van der Waals surface area contributed by atoms with E-state index in [4.69, 9.17) is 5.11 Å². The Hall–Kier alpha value is -0.960. The van der Waals surface area contributed by atoms with Gasteiger partial charge in [-0.2, -0.15) is 4.31 Å². The molecule has 0 spiro atoms. The van der Waals surface area contributed by atoms with Gasteiger partial charge in [0.25, 0.3) is 0 Å². The molecular weight excluding hydrogens is 362 g/mol. The van der Waals surface area contributed by atoms with Gasteiger partial charge in [0.15, 0.2) is 0 Å². The minimum Gasteiger partial charge on any atom is -0.478 e. The molecule has 0 aromatic heterocycles. The van der Waals surface area contributed by atoms with Crippen LogP contribution in [0.5, 0.6) is 0 Å². The lowest BCUT2D eigenvalue weighted by atomic mass is 9.91. The number of β-amino-alcohol motifs (C(OH)–C–C–N with tert-alkyl or cyclic N) is 1. The van der Waals surface area contributed by atoms with E-state index >= 15 is 0 Å². The smallest absolute Gasteiger partial charge is 0.336 e. The van der Waals surface area contributed by atoms with E-state index in [1.807, 2.05) is 0 Å². The van der Waals surface area contributed by atoms with Gasteiger partial charge in [-0.15, -0.1) is 0 Å². The first kappa shape index (κ1) is 15.0. The Balaban J connectivity index is 1.86. The van der Waals surface area contributed by atoms with Gasteiger partial charge in [-0.3, -0.25) is 0 Å². The molecule has 1 heterocycles. The third-order valence-electron chi connectivity index (χ3n) is 4.04. The van der Waals surface area contributed by atoms with Gasteiger partial charge in [-0.25, -0.2) is 13.2 Å². The van der Waals surface area contributed by atoms with E-state index in [1.54, 1.807) is 0 Å². The van der Waals surface area contributed by atoms with Crippen molar-refractivity contribution in [2.75, 3.05) is 13.1 Å². The Bertz CT molecular complexity index is 707. The second kappa shape index (κ2) is 4.77. The summed E-state index contributed by atoms with van der Waals surface area (Å²) in [4.78, 5) is 11.0. The van der Waals surface area contributed by atoms with E-state index in [2.05, 4.69) is 15.9 Å². The summed E-state index contributed by atoms with van der Waals surface area (Å²) < 4.78 is 26.4. The summed E-state index contributed by atoms with van der Waals surface area (Å²) in [5.41, 5.74) is -1.01. The number of halogens is 1. The number of nitrogens with zero attached hydrogens (tertiary/aromatic N) is 1. The Labute approximate surface area is 130 Å². The van der Waals surface area contributed by atoms with Crippen molar-refractivity contribution >= 4 is 31.9 Å². The van der Waals surface area contributed by atoms with E-state index < -0.39 is 21.6 Å². The highest BCUT2D eigenvalue weighted by Crippen LogP contribution is 2.45. The molecule has 0 amide bonds. The van der Waals surface area contributed by atoms with Crippen molar-refractivity contribution < 1.29 is 23.4 Å². The van der Waals surface area contributed by atoms with Crippen molar-refractivity contribution in [1.82, 2.24) is 4.31 Å². The monoisotopic (exact) mass is 375 g/mol. The van der Waals surface area contributed by atoms with E-state index in [0.29, 0.717) is 4.47 Å². The first-order valence-electron chi connectivity index (χ1n) is 6.49. The van der Waals surface area contributed by atoms with Crippen molar-refractivity contribution in [3.63, 3.8) is 0 Å². The minimum absolute atomic E-state index is 0.0686. The maximum Gasteiger partial charge on any atom is 0.336 e. The molecule has 2 fully saturated rings. The van der Waals surface area contributed by atoms with Crippen LogP contribution < -0.4 is 0 Å². The predicted octanol–water partition coefficient (Wildman–Crippen LogP) is 1.29. The topological polar surface area (TPSA) is 94.9 Å². The second-order valence-electron chi connectivity index (χ2n) is 5.60. The van der Waals surface area contributed by atoms with Crippen LogP contribution in [0, 0.1) is 5.92 Å². The number of benzene rings is 1. The highest BCUT2D eigenvalue weighted by Gasteiger charge is 2.55. The number of aromatic carboxylic acids is 1. The number of carboxylic acids is 1. The fourth-order valence-corrected chi connectivity index (χ4v) is 4.60. The molecule has 3 rings (SSSR count). The van der Waals surface area contributed by atoms with Gasteiger partial charge in [0.2, 0.25) is 10.0 Å². The molecule has 0 bridgehead atoms. The first-order chi connectivity index (χ1) is 9.74. The molecule has 8 heteroatoms. The lowest BCUT2D eigenvalue weighted by molar-refractivity contribution is -0.0764. The van der Waals surface area contributed by atoms with Gasteiger partial charge in [0, 0.05) is 17.6 Å². The quantitative estimate of drug-likeness (QED) is 0.826. The van der Waals surface area contributed by atoms with Crippen LogP contribution in [0.1, 0.15) is 23.2 Å². The van der Waals surface area contributed by atoms with Crippen LogP contribution in [0.15, 0.2) is 27.6 Å². The number of aliphatic hydroxyl groups is 1. The summed E-state index contributed by atoms with van der Waals surface area (Å²) in [7, 11) is -3.76. The molecule has 6 nitrogen and oxygen atoms in total. The van der Waals surface area contributed by atoms with Crippen molar-refractivity contribution in [3.05, 3.63) is 28.2 Å². The van der Waals surface area contributed by atoms with Gasteiger partial charge in [0.05, 0.1) is 16.1 Å². The maximum atomic E-state index is 12.4. The highest BCUT2D eigenvalue weighted by atomic mass is 79.9. The molecule has 0 radical (unpaired) electrons. The average molecular weight is 376 g/mol. The summed E-state index contributed by atoms with van der Waals surface area (Å²) in [6, 6.07) is 3.90. The van der Waals surface area contributed by atoms with Crippen molar-refractivity contribution in [2.24, 2.45) is 5.92 Å². The van der Waals surface area contributed by atoms with Crippen LogP contribution in [-0.4, -0.2) is 47.6 Å². The van der Waals surface area contributed by atoms with Gasteiger partial charge < -0.3 is 10.2 Å². The molecule has 2 N–H and O–H groups in total. The van der Waals surface area contributed by atoms with Crippen molar-refractivity contribution in [3.8, 4) is 0 Å². The minimum atomic E-state index is -3.76. The van der Waals surface area contributed by atoms with Crippen molar-refractivity contribution in [1.29, 1.82) is 0 Å². The van der Waals surface area contributed by atoms with Gasteiger partial charge >= 0.3 is 5.97 Å². The Morgan fingerprint density at radius 3 is 2.48 bits per heavy atom. The zero-order valence-corrected chi connectivity index (χ0v) is 13.4. The number of carbonyl (C=O) groups is 1. The number of hydrogen-bond donors (Lipinski definition) is 2. The molecule has 1 aromatic rings. The van der Waals surface area contributed by atoms with E-state index in [-0.39, 0.29) is 29.5 Å². The zero-order chi connectivity index (χ0) is 15.4. The first-order valence-corrected chi connectivity index (χ1v) is 8.73. The molecule has 1 saturated carbocycles. The Morgan fingerprint density at radius 1 is 1.33 bits per heavy atom. The van der Waals surface area contributed by atoms with Gasteiger partial charge in [-0.1, -0.05) is 0 Å². The number of carboxylic acid groups (broad SMARTS) is 1. The summed E-state index contributed by atoms with van der Waals surface area (Å²) in [5.74, 6) is -1.000. The molecule has 1 aliphatic heterocycles. The van der Waals surface area contributed by atoms with Crippen LogP contribution >= 0.6 is 15.9 Å². The Morgan fingerprint density at radius 2 is 1.95 bits per heavy atom. The molecule has 0 unspecified atom stereocenters. The summed E-state index contributed by atoms with van der Waals surface area (Å²) in [5, 5.41) is 19.3. The Kier molecular flexibility index (Phi) is 3.40. The molecular formula is C13H14BrNO5S. The molecule has 1 saturated heterocycles. The maximum absolute atomic E-state index is 12.4. The van der Waals surface area contributed by atoms with Crippen LogP contribution in [-0.2, 0) is 10.0 Å². The molecule has 1 aliphatic carbocycles. The third kappa shape index (κ3) is 2.50. The normalized spacial score (nSPS) is 21.8. The van der Waals surface area contributed by atoms with Crippen LogP contribution in [0.25, 0.3) is 0 Å². The van der Waals surface area contributed by atoms with Crippen LogP contribution in [0.3, 0.4) is 0 Å². The van der Waals surface area contributed by atoms with Gasteiger partial charge in [-0.05, 0) is 52.9 Å². The standard InChI is InChI=1S/C13H14BrNO5S/c14-11-4-3-9(5-10(11)12(16)17)21(19,20)15-6-13(18,7-15)8-1-2-8/h3-5,8,18H,1-2,6-7H2,(H,16,17). The number of rotatable bonds is 4. The predicted molar refractivity (Wildman–Crippen MR) is 77.5 cm³/mol. The summed E-state index contributed by atoms with van der Waals surface area (Å²) in [6.07, 6.45) is 1.87. The molecule has 1 aromatic carbocycles. The van der Waals surface area contributed by atoms with E-state index in [1.165, 1.54) is 16.4 Å². The van der Waals surface area contributed by atoms with E-state index in [0.717, 1.165) is 18.9 Å². The average Bonchev–Trinajstić information content (AvgIpc) is 3.19. The summed E-state index contributed by atoms with van der Waals surface area (Å²) >= 11 is 3.08. The largest absolute Gasteiger partial charge is 0.478 e. The van der Waals surface area contributed by atoms with Crippen LogP contribution in [0.2, 0.25) is 0 Å². The number of hydrogen-bond acceptors (Lipinski definition) is 4. The van der Waals surface area contributed by atoms with Crippen LogP contribution in [0.4, 0.5) is 0 Å². The molecule has 21 heavy (non-hydrogen) atoms. The van der Waals surface area contributed by atoms with E-state index in [9.17, 15) is 18.3 Å². The molecule has 2 aliphatic rings. The lowest BCUT2D eigenvalue weighted by Crippen LogP contribution is -2.64. The molecule has 0 atom stereocenters.